The summed E-state index contributed by atoms with van der Waals surface area (Å²) in [7, 11) is 2.87. The van der Waals surface area contributed by atoms with Gasteiger partial charge in [-0.05, 0) is 12.0 Å². The van der Waals surface area contributed by atoms with Crippen molar-refractivity contribution >= 4 is 22.6 Å². The molecule has 1 atom stereocenters. The first-order valence-corrected chi connectivity index (χ1v) is 7.34. The molecule has 0 saturated carbocycles. The van der Waals surface area contributed by atoms with Crippen LogP contribution in [0, 0.1) is 5.92 Å². The Morgan fingerprint density at radius 2 is 1.78 bits per heavy atom. The van der Waals surface area contributed by atoms with E-state index in [1.807, 2.05) is 13.8 Å². The predicted molar refractivity (Wildman–Crippen MR) is 87.3 cm³/mol. The van der Waals surface area contributed by atoms with E-state index in [1.165, 1.54) is 17.9 Å². The number of benzene rings is 1. The van der Waals surface area contributed by atoms with Gasteiger partial charge in [0.25, 0.3) is 11.5 Å². The zero-order valence-corrected chi connectivity index (χ0v) is 13.6. The van der Waals surface area contributed by atoms with Crippen molar-refractivity contribution in [2.75, 3.05) is 7.11 Å². The van der Waals surface area contributed by atoms with Crippen molar-refractivity contribution in [2.45, 2.75) is 19.9 Å². The largest absolute Gasteiger partial charge is 0.467 e. The molecular weight excluding hydrogens is 296 g/mol. The molecule has 0 aliphatic rings. The quantitative estimate of drug-likeness (QED) is 0.867. The third-order valence-corrected chi connectivity index (χ3v) is 3.74. The molecule has 0 saturated heterocycles. The monoisotopic (exact) mass is 316 g/mol. The van der Waals surface area contributed by atoms with E-state index in [2.05, 4.69) is 5.32 Å². The molecule has 0 aliphatic heterocycles. The van der Waals surface area contributed by atoms with Gasteiger partial charge in [-0.25, -0.2) is 4.79 Å². The molecular formula is C17H20N2O4. The molecule has 23 heavy (non-hydrogen) atoms. The molecule has 1 aromatic carbocycles. The van der Waals surface area contributed by atoms with Crippen molar-refractivity contribution in [1.29, 1.82) is 0 Å². The second kappa shape index (κ2) is 6.64. The van der Waals surface area contributed by atoms with E-state index in [1.54, 1.807) is 31.3 Å². The Hall–Kier alpha value is -2.63. The highest BCUT2D eigenvalue weighted by Gasteiger charge is 2.26. The molecule has 6 nitrogen and oxygen atoms in total. The third-order valence-electron chi connectivity index (χ3n) is 3.74. The van der Waals surface area contributed by atoms with E-state index >= 15 is 0 Å². The number of esters is 1. The first-order valence-electron chi connectivity index (χ1n) is 7.34. The highest BCUT2D eigenvalue weighted by atomic mass is 16.5. The Bertz CT molecular complexity index is 808. The van der Waals surface area contributed by atoms with Crippen molar-refractivity contribution in [3.63, 3.8) is 0 Å². The summed E-state index contributed by atoms with van der Waals surface area (Å²) >= 11 is 0. The molecule has 1 unspecified atom stereocenters. The van der Waals surface area contributed by atoms with E-state index in [-0.39, 0.29) is 11.5 Å². The minimum absolute atomic E-state index is 0.120. The number of hydrogen-bond acceptors (Lipinski definition) is 4. The number of carbonyl (C=O) groups excluding carboxylic acids is 2. The van der Waals surface area contributed by atoms with E-state index in [0.29, 0.717) is 16.3 Å². The van der Waals surface area contributed by atoms with Gasteiger partial charge in [0.05, 0.1) is 12.7 Å². The number of aromatic nitrogens is 1. The van der Waals surface area contributed by atoms with Gasteiger partial charge in [0, 0.05) is 24.0 Å². The second-order valence-electron chi connectivity index (χ2n) is 5.72. The SMILES string of the molecule is COC(=O)C(NC(=O)c1cn(C)c(=O)c2ccccc12)C(C)C. The lowest BCUT2D eigenvalue weighted by molar-refractivity contribution is -0.144. The summed E-state index contributed by atoms with van der Waals surface area (Å²) in [5, 5.41) is 3.71. The average Bonchev–Trinajstić information content (AvgIpc) is 2.54. The first kappa shape index (κ1) is 16.7. The fraction of sp³-hybridized carbons (Fsp3) is 0.353. The second-order valence-corrected chi connectivity index (χ2v) is 5.72. The molecule has 1 N–H and O–H groups in total. The van der Waals surface area contributed by atoms with Crippen LogP contribution >= 0.6 is 0 Å². The number of pyridine rings is 1. The van der Waals surface area contributed by atoms with E-state index in [0.717, 1.165) is 0 Å². The van der Waals surface area contributed by atoms with E-state index in [4.69, 9.17) is 4.74 Å². The predicted octanol–water partition coefficient (Wildman–Crippen LogP) is 1.47. The van der Waals surface area contributed by atoms with E-state index < -0.39 is 17.9 Å². The van der Waals surface area contributed by atoms with Gasteiger partial charge in [-0.15, -0.1) is 0 Å². The number of hydrogen-bond donors (Lipinski definition) is 1. The number of aryl methyl sites for hydroxylation is 1. The minimum Gasteiger partial charge on any atom is -0.467 e. The number of fused-ring (bicyclic) bond motifs is 1. The summed E-state index contributed by atoms with van der Waals surface area (Å²) in [6.07, 6.45) is 1.48. The fourth-order valence-electron chi connectivity index (χ4n) is 2.44. The lowest BCUT2D eigenvalue weighted by Gasteiger charge is -2.20. The van der Waals surface area contributed by atoms with Crippen molar-refractivity contribution in [1.82, 2.24) is 9.88 Å². The number of methoxy groups -OCH3 is 1. The van der Waals surface area contributed by atoms with Gasteiger partial charge in [0.1, 0.15) is 6.04 Å². The molecule has 1 aromatic heterocycles. The van der Waals surface area contributed by atoms with Gasteiger partial charge >= 0.3 is 5.97 Å². The van der Waals surface area contributed by atoms with Crippen LogP contribution in [-0.2, 0) is 16.6 Å². The van der Waals surface area contributed by atoms with Gasteiger partial charge < -0.3 is 14.6 Å². The number of carbonyl (C=O) groups is 2. The van der Waals surface area contributed by atoms with Crippen LogP contribution in [0.15, 0.2) is 35.3 Å². The molecule has 0 spiro atoms. The van der Waals surface area contributed by atoms with Crippen LogP contribution in [0.2, 0.25) is 0 Å². The van der Waals surface area contributed by atoms with Crippen LogP contribution in [0.5, 0.6) is 0 Å². The molecule has 2 aromatic rings. The van der Waals surface area contributed by atoms with Gasteiger partial charge in [0.15, 0.2) is 0 Å². The maximum absolute atomic E-state index is 12.6. The molecule has 0 aliphatic carbocycles. The molecule has 2 rings (SSSR count). The van der Waals surface area contributed by atoms with E-state index in [9.17, 15) is 14.4 Å². The summed E-state index contributed by atoms with van der Waals surface area (Å²) in [5.41, 5.74) is 0.169. The lowest BCUT2D eigenvalue weighted by atomic mass is 10.0. The summed E-state index contributed by atoms with van der Waals surface area (Å²) in [5.74, 6) is -1.03. The average molecular weight is 316 g/mol. The molecule has 1 amide bonds. The van der Waals surface area contributed by atoms with Crippen LogP contribution in [0.3, 0.4) is 0 Å². The van der Waals surface area contributed by atoms with Gasteiger partial charge in [0.2, 0.25) is 0 Å². The Labute approximate surface area is 134 Å². The molecule has 0 fully saturated rings. The molecule has 122 valence electrons. The zero-order chi connectivity index (χ0) is 17.1. The summed E-state index contributed by atoms with van der Waals surface area (Å²) in [6, 6.07) is 6.15. The number of ether oxygens (including phenoxy) is 1. The van der Waals surface area contributed by atoms with Gasteiger partial charge in [-0.2, -0.15) is 0 Å². The minimum atomic E-state index is -0.747. The Morgan fingerprint density at radius 1 is 1.17 bits per heavy atom. The molecule has 1 heterocycles. The smallest absolute Gasteiger partial charge is 0.328 e. The standard InChI is InChI=1S/C17H20N2O4/c1-10(2)14(17(22)23-4)18-15(20)13-9-19(3)16(21)12-8-6-5-7-11(12)13/h5-10,14H,1-4H3,(H,18,20). The maximum atomic E-state index is 12.6. The molecule has 0 bridgehead atoms. The lowest BCUT2D eigenvalue weighted by Crippen LogP contribution is -2.45. The Balaban J connectivity index is 2.48. The van der Waals surface area contributed by atoms with Gasteiger partial charge in [-0.1, -0.05) is 32.0 Å². The van der Waals surface area contributed by atoms with Crippen molar-refractivity contribution < 1.29 is 14.3 Å². The zero-order valence-electron chi connectivity index (χ0n) is 13.6. The summed E-state index contributed by atoms with van der Waals surface area (Å²) in [6.45, 7) is 3.64. The third kappa shape index (κ3) is 3.26. The Morgan fingerprint density at radius 3 is 2.35 bits per heavy atom. The van der Waals surface area contributed by atoms with Crippen LogP contribution in [0.25, 0.3) is 10.8 Å². The fourth-order valence-corrected chi connectivity index (χ4v) is 2.44. The normalized spacial score (nSPS) is 12.2. The van der Waals surface area contributed by atoms with Crippen molar-refractivity contribution in [3.05, 3.63) is 46.4 Å². The number of amides is 1. The van der Waals surface area contributed by atoms with Crippen LogP contribution in [0.4, 0.5) is 0 Å². The first-order chi connectivity index (χ1) is 10.9. The topological polar surface area (TPSA) is 77.4 Å². The Kier molecular flexibility index (Phi) is 4.83. The molecule has 6 heteroatoms. The number of nitrogens with zero attached hydrogens (tertiary/aromatic N) is 1. The highest BCUT2D eigenvalue weighted by Crippen LogP contribution is 2.16. The summed E-state index contributed by atoms with van der Waals surface area (Å²) < 4.78 is 6.09. The summed E-state index contributed by atoms with van der Waals surface area (Å²) in [4.78, 5) is 36.6. The van der Waals surface area contributed by atoms with Crippen LogP contribution in [-0.4, -0.2) is 29.6 Å². The van der Waals surface area contributed by atoms with Crippen LogP contribution < -0.4 is 10.9 Å². The van der Waals surface area contributed by atoms with Gasteiger partial charge in [-0.3, -0.25) is 9.59 Å². The van der Waals surface area contributed by atoms with Crippen molar-refractivity contribution in [3.8, 4) is 0 Å². The number of rotatable bonds is 4. The molecule has 0 radical (unpaired) electrons. The highest BCUT2D eigenvalue weighted by molar-refractivity contribution is 6.07. The van der Waals surface area contributed by atoms with Crippen LogP contribution in [0.1, 0.15) is 24.2 Å². The van der Waals surface area contributed by atoms with Crippen molar-refractivity contribution in [2.24, 2.45) is 13.0 Å². The number of nitrogens with one attached hydrogen (secondary N) is 1. The maximum Gasteiger partial charge on any atom is 0.328 e.